The Bertz CT molecular complexity index is 751. The number of carbonyl (C=O) groups excluding carboxylic acids is 1. The van der Waals surface area contributed by atoms with Gasteiger partial charge in [-0.1, -0.05) is 17.3 Å². The Hall–Kier alpha value is -2.32. The van der Waals surface area contributed by atoms with Crippen LogP contribution in [0.2, 0.25) is 0 Å². The Kier molecular flexibility index (Phi) is 4.59. The van der Waals surface area contributed by atoms with Crippen LogP contribution in [0, 0.1) is 0 Å². The van der Waals surface area contributed by atoms with Gasteiger partial charge in [-0.2, -0.15) is 4.98 Å². The number of primary amides is 1. The Morgan fingerprint density at radius 3 is 3.04 bits per heavy atom. The molecule has 128 valence electrons. The monoisotopic (exact) mass is 352 g/mol. The highest BCUT2D eigenvalue weighted by atomic mass is 35.5. The van der Waals surface area contributed by atoms with E-state index in [1.54, 1.807) is 0 Å². The maximum absolute atomic E-state index is 11.1. The van der Waals surface area contributed by atoms with E-state index in [-0.39, 0.29) is 31.1 Å². The highest BCUT2D eigenvalue weighted by Gasteiger charge is 2.32. The minimum Gasteiger partial charge on any atom is -0.454 e. The van der Waals surface area contributed by atoms with E-state index in [4.69, 9.17) is 19.7 Å². The number of fused-ring (bicyclic) bond motifs is 1. The van der Waals surface area contributed by atoms with Crippen molar-refractivity contribution in [2.24, 2.45) is 5.73 Å². The van der Waals surface area contributed by atoms with Gasteiger partial charge in [0.25, 0.3) is 11.7 Å². The molecule has 0 aliphatic carbocycles. The molecular weight excluding hydrogens is 336 g/mol. The first kappa shape index (κ1) is 16.5. The van der Waals surface area contributed by atoms with Crippen molar-refractivity contribution in [3.63, 3.8) is 0 Å². The van der Waals surface area contributed by atoms with Gasteiger partial charge in [0.05, 0.1) is 6.04 Å². The number of benzene rings is 1. The van der Waals surface area contributed by atoms with Gasteiger partial charge in [-0.15, -0.1) is 12.4 Å². The lowest BCUT2D eigenvalue weighted by atomic mass is 10.1. The average molecular weight is 353 g/mol. The molecule has 3 heterocycles. The number of aromatic nitrogens is 2. The molecule has 4 rings (SSSR count). The summed E-state index contributed by atoms with van der Waals surface area (Å²) in [4.78, 5) is 17.5. The van der Waals surface area contributed by atoms with Gasteiger partial charge in [0, 0.05) is 12.1 Å². The predicted molar refractivity (Wildman–Crippen MR) is 85.0 cm³/mol. The van der Waals surface area contributed by atoms with E-state index in [1.807, 2.05) is 18.2 Å². The summed E-state index contributed by atoms with van der Waals surface area (Å²) in [6.07, 6.45) is 1.91. The number of ether oxygens (including phenoxy) is 2. The smallest absolute Gasteiger partial charge is 0.290 e. The van der Waals surface area contributed by atoms with Crippen LogP contribution in [0.1, 0.15) is 41.0 Å². The SMILES string of the molecule is Cl.NC(=O)c1noc(C2CCCN2Cc2cccc3c2OCO3)n1. The lowest BCUT2D eigenvalue weighted by molar-refractivity contribution is 0.0987. The Labute approximate surface area is 144 Å². The van der Waals surface area contributed by atoms with Gasteiger partial charge in [-0.3, -0.25) is 9.69 Å². The zero-order valence-electron chi connectivity index (χ0n) is 12.8. The molecule has 2 aromatic rings. The van der Waals surface area contributed by atoms with E-state index in [2.05, 4.69) is 15.0 Å². The summed E-state index contributed by atoms with van der Waals surface area (Å²) in [6, 6.07) is 5.84. The second kappa shape index (κ2) is 6.66. The largest absolute Gasteiger partial charge is 0.454 e. The third kappa shape index (κ3) is 2.90. The number of carbonyl (C=O) groups is 1. The summed E-state index contributed by atoms with van der Waals surface area (Å²) in [5, 5.41) is 3.63. The quantitative estimate of drug-likeness (QED) is 0.892. The van der Waals surface area contributed by atoms with Gasteiger partial charge in [0.1, 0.15) is 0 Å². The van der Waals surface area contributed by atoms with Gasteiger partial charge in [0.2, 0.25) is 12.7 Å². The molecule has 1 fully saturated rings. The number of nitrogens with zero attached hydrogens (tertiary/aromatic N) is 3. The predicted octanol–water partition coefficient (Wildman–Crippen LogP) is 1.66. The summed E-state index contributed by atoms with van der Waals surface area (Å²) in [7, 11) is 0. The van der Waals surface area contributed by atoms with Crippen LogP contribution in [0.3, 0.4) is 0 Å². The van der Waals surface area contributed by atoms with Crippen LogP contribution in [0.15, 0.2) is 22.7 Å². The van der Waals surface area contributed by atoms with E-state index in [9.17, 15) is 4.79 Å². The zero-order chi connectivity index (χ0) is 15.8. The van der Waals surface area contributed by atoms with Crippen molar-refractivity contribution < 1.29 is 18.8 Å². The van der Waals surface area contributed by atoms with Crippen molar-refractivity contribution in [3.05, 3.63) is 35.5 Å². The van der Waals surface area contributed by atoms with E-state index < -0.39 is 5.91 Å². The van der Waals surface area contributed by atoms with Crippen LogP contribution in [0.25, 0.3) is 0 Å². The summed E-state index contributed by atoms with van der Waals surface area (Å²) < 4.78 is 16.2. The van der Waals surface area contributed by atoms with Crippen LogP contribution in [-0.2, 0) is 6.54 Å². The number of hydrogen-bond donors (Lipinski definition) is 1. The van der Waals surface area contributed by atoms with Crippen LogP contribution in [0.4, 0.5) is 0 Å². The van der Waals surface area contributed by atoms with Crippen molar-refractivity contribution in [1.29, 1.82) is 0 Å². The van der Waals surface area contributed by atoms with Crippen molar-refractivity contribution in [2.45, 2.75) is 25.4 Å². The molecule has 0 bridgehead atoms. The van der Waals surface area contributed by atoms with Gasteiger partial charge < -0.3 is 19.7 Å². The molecule has 0 saturated carbocycles. The number of amides is 1. The molecule has 1 unspecified atom stereocenters. The molecule has 24 heavy (non-hydrogen) atoms. The summed E-state index contributed by atoms with van der Waals surface area (Å²) in [5.41, 5.74) is 6.23. The second-order valence-corrected chi connectivity index (χ2v) is 5.60. The van der Waals surface area contributed by atoms with Gasteiger partial charge >= 0.3 is 0 Å². The van der Waals surface area contributed by atoms with Crippen LogP contribution < -0.4 is 15.2 Å². The summed E-state index contributed by atoms with van der Waals surface area (Å²) >= 11 is 0. The highest BCUT2D eigenvalue weighted by Crippen LogP contribution is 2.39. The first-order valence-corrected chi connectivity index (χ1v) is 7.47. The number of rotatable bonds is 4. The van der Waals surface area contributed by atoms with Crippen LogP contribution >= 0.6 is 12.4 Å². The fourth-order valence-electron chi connectivity index (χ4n) is 3.10. The van der Waals surface area contributed by atoms with Crippen molar-refractivity contribution in [1.82, 2.24) is 15.0 Å². The third-order valence-electron chi connectivity index (χ3n) is 4.16. The summed E-state index contributed by atoms with van der Waals surface area (Å²) in [5.74, 6) is 1.23. The molecule has 2 aliphatic heterocycles. The molecule has 1 amide bonds. The minimum atomic E-state index is -0.684. The number of likely N-dealkylation sites (tertiary alicyclic amines) is 1. The molecule has 9 heteroatoms. The topological polar surface area (TPSA) is 104 Å². The number of nitrogens with two attached hydrogens (primary N) is 1. The Morgan fingerprint density at radius 2 is 2.25 bits per heavy atom. The van der Waals surface area contributed by atoms with E-state index in [0.717, 1.165) is 36.4 Å². The lowest BCUT2D eigenvalue weighted by Crippen LogP contribution is -2.23. The van der Waals surface area contributed by atoms with Crippen molar-refractivity contribution >= 4 is 18.3 Å². The zero-order valence-corrected chi connectivity index (χ0v) is 13.6. The van der Waals surface area contributed by atoms with Gasteiger partial charge in [-0.05, 0) is 25.5 Å². The average Bonchev–Trinajstić information content (AvgIpc) is 3.27. The van der Waals surface area contributed by atoms with E-state index in [1.165, 1.54) is 0 Å². The first-order chi connectivity index (χ1) is 11.2. The maximum atomic E-state index is 11.1. The van der Waals surface area contributed by atoms with E-state index >= 15 is 0 Å². The fourth-order valence-corrected chi connectivity index (χ4v) is 3.10. The lowest BCUT2D eigenvalue weighted by Gasteiger charge is -2.22. The maximum Gasteiger partial charge on any atom is 0.290 e. The Balaban J connectivity index is 0.00000169. The molecule has 8 nitrogen and oxygen atoms in total. The van der Waals surface area contributed by atoms with Crippen LogP contribution in [-0.4, -0.2) is 34.3 Å². The minimum absolute atomic E-state index is 0. The van der Waals surface area contributed by atoms with Crippen molar-refractivity contribution in [3.8, 4) is 11.5 Å². The standard InChI is InChI=1S/C15H16N4O4.ClH/c16-13(20)14-17-15(23-18-14)10-4-2-6-19(10)7-9-3-1-5-11-12(9)22-8-21-11;/h1,3,5,10H,2,4,6-8H2,(H2,16,20);1H. The normalized spacial score (nSPS) is 19.2. The molecular formula is C15H17ClN4O4. The first-order valence-electron chi connectivity index (χ1n) is 7.47. The van der Waals surface area contributed by atoms with Gasteiger partial charge in [-0.25, -0.2) is 0 Å². The van der Waals surface area contributed by atoms with Crippen LogP contribution in [0.5, 0.6) is 11.5 Å². The molecule has 1 atom stereocenters. The molecule has 2 N–H and O–H groups in total. The highest BCUT2D eigenvalue weighted by molar-refractivity contribution is 5.88. The third-order valence-corrected chi connectivity index (χ3v) is 4.16. The molecule has 1 saturated heterocycles. The van der Waals surface area contributed by atoms with E-state index in [0.29, 0.717) is 12.4 Å². The number of hydrogen-bond acceptors (Lipinski definition) is 7. The Morgan fingerprint density at radius 1 is 1.38 bits per heavy atom. The fraction of sp³-hybridized carbons (Fsp3) is 0.400. The van der Waals surface area contributed by atoms with Gasteiger partial charge in [0.15, 0.2) is 11.5 Å². The molecule has 1 aromatic heterocycles. The molecule has 2 aliphatic rings. The number of para-hydroxylation sites is 1. The second-order valence-electron chi connectivity index (χ2n) is 5.60. The molecule has 0 radical (unpaired) electrons. The molecule has 1 aromatic carbocycles. The van der Waals surface area contributed by atoms with Crippen molar-refractivity contribution in [2.75, 3.05) is 13.3 Å². The molecule has 0 spiro atoms. The summed E-state index contributed by atoms with van der Waals surface area (Å²) in [6.45, 7) is 1.84. The number of halogens is 1.